The van der Waals surface area contributed by atoms with E-state index in [0.717, 1.165) is 24.2 Å². The highest BCUT2D eigenvalue weighted by Crippen LogP contribution is 2.19. The lowest BCUT2D eigenvalue weighted by atomic mass is 10.2. The van der Waals surface area contributed by atoms with Crippen LogP contribution in [0.5, 0.6) is 5.75 Å². The minimum Gasteiger partial charge on any atom is -0.379 e. The highest BCUT2D eigenvalue weighted by molar-refractivity contribution is 7.87. The van der Waals surface area contributed by atoms with Crippen molar-refractivity contribution in [3.63, 3.8) is 0 Å². The molecule has 0 amide bonds. The number of hydrogen-bond acceptors (Lipinski definition) is 3. The molecule has 0 aliphatic rings. The van der Waals surface area contributed by atoms with E-state index >= 15 is 0 Å². The van der Waals surface area contributed by atoms with E-state index < -0.39 is 15.9 Å². The molecule has 0 fully saturated rings. The number of rotatable bonds is 6. The summed E-state index contributed by atoms with van der Waals surface area (Å²) in [6.07, 6.45) is 0. The number of benzene rings is 2. The van der Waals surface area contributed by atoms with Gasteiger partial charge < -0.3 is 9.50 Å². The van der Waals surface area contributed by atoms with Crippen molar-refractivity contribution in [2.75, 3.05) is 0 Å². The average molecular weight is 324 g/mol. The Morgan fingerprint density at radius 2 is 1.64 bits per heavy atom. The topological polar surface area (TPSA) is 60.0 Å². The summed E-state index contributed by atoms with van der Waals surface area (Å²) >= 11 is 0. The van der Waals surface area contributed by atoms with Crippen molar-refractivity contribution in [2.45, 2.75) is 31.3 Å². The highest BCUT2D eigenvalue weighted by atomic mass is 32.2. The zero-order valence-electron chi connectivity index (χ0n) is 12.5. The molecule has 0 unspecified atom stereocenters. The first-order valence-electron chi connectivity index (χ1n) is 6.99. The second-order valence-corrected chi connectivity index (χ2v) is 6.87. The maximum Gasteiger partial charge on any atom is 0.339 e. The Bertz CT molecular complexity index is 710. The molecule has 4 nitrogen and oxygen atoms in total. The van der Waals surface area contributed by atoms with Crippen LogP contribution in [0.15, 0.2) is 53.4 Å². The summed E-state index contributed by atoms with van der Waals surface area (Å²) in [6, 6.07) is 11.9. The molecule has 0 aliphatic carbocycles. The van der Waals surface area contributed by atoms with Gasteiger partial charge in [0.05, 0.1) is 6.04 Å². The van der Waals surface area contributed by atoms with Gasteiger partial charge in [-0.1, -0.05) is 0 Å². The van der Waals surface area contributed by atoms with Crippen LogP contribution >= 0.6 is 0 Å². The van der Waals surface area contributed by atoms with Crippen LogP contribution in [-0.2, 0) is 16.7 Å². The standard InChI is InChI=1S/C16H18FNO3S/c1-12(2)18-11-13-3-7-15(8-4-13)21-22(19,20)16-9-5-14(17)6-10-16/h3-10,12,18H,11H2,1-2H3/p+1. The van der Waals surface area contributed by atoms with Crippen molar-refractivity contribution < 1.29 is 22.3 Å². The zero-order chi connectivity index (χ0) is 16.2. The number of quaternary nitrogens is 1. The summed E-state index contributed by atoms with van der Waals surface area (Å²) in [7, 11) is -3.94. The molecule has 0 atom stereocenters. The maximum absolute atomic E-state index is 12.8. The van der Waals surface area contributed by atoms with Crippen molar-refractivity contribution in [1.29, 1.82) is 0 Å². The Balaban J connectivity index is 2.08. The molecular formula is C16H19FNO3S+. The molecule has 22 heavy (non-hydrogen) atoms. The first-order chi connectivity index (χ1) is 10.4. The molecule has 0 heterocycles. The maximum atomic E-state index is 12.8. The quantitative estimate of drug-likeness (QED) is 0.828. The molecule has 6 heteroatoms. The van der Waals surface area contributed by atoms with Crippen LogP contribution in [0.2, 0.25) is 0 Å². The van der Waals surface area contributed by atoms with E-state index in [1.165, 1.54) is 12.1 Å². The molecule has 0 saturated carbocycles. The summed E-state index contributed by atoms with van der Waals surface area (Å²) in [6.45, 7) is 5.03. The molecule has 0 bridgehead atoms. The smallest absolute Gasteiger partial charge is 0.339 e. The van der Waals surface area contributed by atoms with E-state index in [1.54, 1.807) is 12.1 Å². The fourth-order valence-corrected chi connectivity index (χ4v) is 2.76. The van der Waals surface area contributed by atoms with E-state index in [2.05, 4.69) is 19.2 Å². The predicted octanol–water partition coefficient (Wildman–Crippen LogP) is 2.07. The predicted molar refractivity (Wildman–Crippen MR) is 81.4 cm³/mol. The molecule has 0 saturated heterocycles. The summed E-state index contributed by atoms with van der Waals surface area (Å²) in [5.74, 6) is -0.262. The summed E-state index contributed by atoms with van der Waals surface area (Å²) < 4.78 is 42.0. The third-order valence-electron chi connectivity index (χ3n) is 3.06. The second kappa shape index (κ2) is 6.89. The molecule has 2 rings (SSSR count). The minimum absolute atomic E-state index is 0.0777. The fraction of sp³-hybridized carbons (Fsp3) is 0.250. The molecule has 0 aliphatic heterocycles. The summed E-state index contributed by atoms with van der Waals surface area (Å²) in [5, 5.41) is 2.17. The van der Waals surface area contributed by atoms with Crippen molar-refractivity contribution in [3.8, 4) is 5.75 Å². The van der Waals surface area contributed by atoms with Crippen LogP contribution in [0.3, 0.4) is 0 Å². The third kappa shape index (κ3) is 4.54. The number of nitrogens with two attached hydrogens (primary N) is 1. The number of halogens is 1. The van der Waals surface area contributed by atoms with Gasteiger partial charge in [0.25, 0.3) is 0 Å². The van der Waals surface area contributed by atoms with E-state index in [4.69, 9.17) is 4.18 Å². The van der Waals surface area contributed by atoms with Gasteiger partial charge in [0.15, 0.2) is 0 Å². The van der Waals surface area contributed by atoms with Crippen LogP contribution in [0.25, 0.3) is 0 Å². The Kier molecular flexibility index (Phi) is 5.15. The molecule has 118 valence electrons. The van der Waals surface area contributed by atoms with Crippen LogP contribution in [0, 0.1) is 5.82 Å². The lowest BCUT2D eigenvalue weighted by molar-refractivity contribution is -0.698. The molecule has 2 aromatic carbocycles. The normalized spacial score (nSPS) is 11.6. The van der Waals surface area contributed by atoms with E-state index in [0.29, 0.717) is 6.04 Å². The van der Waals surface area contributed by atoms with Crippen LogP contribution in [0.4, 0.5) is 4.39 Å². The van der Waals surface area contributed by atoms with Crippen LogP contribution in [0.1, 0.15) is 19.4 Å². The molecule has 0 radical (unpaired) electrons. The van der Waals surface area contributed by atoms with Gasteiger partial charge >= 0.3 is 10.1 Å². The van der Waals surface area contributed by atoms with Gasteiger partial charge in [-0.2, -0.15) is 8.42 Å². The van der Waals surface area contributed by atoms with Gasteiger partial charge in [-0.3, -0.25) is 0 Å². The lowest BCUT2D eigenvalue weighted by Gasteiger charge is -2.08. The molecule has 2 aromatic rings. The Labute approximate surface area is 130 Å². The first-order valence-corrected chi connectivity index (χ1v) is 8.40. The van der Waals surface area contributed by atoms with Gasteiger partial charge in [0, 0.05) is 5.56 Å². The van der Waals surface area contributed by atoms with E-state index in [9.17, 15) is 12.8 Å². The van der Waals surface area contributed by atoms with Crippen molar-refractivity contribution in [1.82, 2.24) is 0 Å². The van der Waals surface area contributed by atoms with Crippen molar-refractivity contribution >= 4 is 10.1 Å². The first kappa shape index (κ1) is 16.5. The van der Waals surface area contributed by atoms with Gasteiger partial charge in [-0.15, -0.1) is 0 Å². The Morgan fingerprint density at radius 3 is 2.18 bits per heavy atom. The van der Waals surface area contributed by atoms with Crippen molar-refractivity contribution in [3.05, 3.63) is 59.9 Å². The summed E-state index contributed by atoms with van der Waals surface area (Å²) in [4.78, 5) is -0.0777. The minimum atomic E-state index is -3.94. The molecule has 0 aromatic heterocycles. The fourth-order valence-electron chi connectivity index (χ4n) is 1.83. The highest BCUT2D eigenvalue weighted by Gasteiger charge is 2.16. The van der Waals surface area contributed by atoms with Gasteiger partial charge in [0.1, 0.15) is 23.0 Å². The Morgan fingerprint density at radius 1 is 1.05 bits per heavy atom. The Hall–Kier alpha value is -1.92. The summed E-state index contributed by atoms with van der Waals surface area (Å²) in [5.41, 5.74) is 1.08. The van der Waals surface area contributed by atoms with Gasteiger partial charge in [0.2, 0.25) is 0 Å². The van der Waals surface area contributed by atoms with Gasteiger partial charge in [-0.05, 0) is 62.4 Å². The van der Waals surface area contributed by atoms with Crippen molar-refractivity contribution in [2.24, 2.45) is 0 Å². The molecular weight excluding hydrogens is 305 g/mol. The zero-order valence-corrected chi connectivity index (χ0v) is 13.3. The largest absolute Gasteiger partial charge is 0.379 e. The van der Waals surface area contributed by atoms with Crippen LogP contribution in [-0.4, -0.2) is 14.5 Å². The SMILES string of the molecule is CC(C)[NH2+]Cc1ccc(OS(=O)(=O)c2ccc(F)cc2)cc1. The lowest BCUT2D eigenvalue weighted by Crippen LogP contribution is -2.86. The van der Waals surface area contributed by atoms with E-state index in [1.807, 2.05) is 12.1 Å². The second-order valence-electron chi connectivity index (χ2n) is 5.32. The monoisotopic (exact) mass is 324 g/mol. The average Bonchev–Trinajstić information content (AvgIpc) is 2.46. The molecule has 2 N–H and O–H groups in total. The van der Waals surface area contributed by atoms with Gasteiger partial charge in [-0.25, -0.2) is 4.39 Å². The number of hydrogen-bond donors (Lipinski definition) is 1. The third-order valence-corrected chi connectivity index (χ3v) is 4.32. The van der Waals surface area contributed by atoms with Crippen LogP contribution < -0.4 is 9.50 Å². The molecule has 0 spiro atoms. The van der Waals surface area contributed by atoms with E-state index in [-0.39, 0.29) is 10.6 Å².